The fourth-order valence-corrected chi connectivity index (χ4v) is 2.44. The van der Waals surface area contributed by atoms with E-state index in [0.717, 1.165) is 6.08 Å². The second-order valence-corrected chi connectivity index (χ2v) is 5.19. The second-order valence-electron chi connectivity index (χ2n) is 5.19. The Morgan fingerprint density at radius 1 is 1.28 bits per heavy atom. The van der Waals surface area contributed by atoms with Crippen molar-refractivity contribution in [1.82, 2.24) is 0 Å². The van der Waals surface area contributed by atoms with Crippen molar-refractivity contribution in [3.63, 3.8) is 0 Å². The van der Waals surface area contributed by atoms with Gasteiger partial charge in [-0.3, -0.25) is 4.79 Å². The van der Waals surface area contributed by atoms with Crippen LogP contribution in [0.3, 0.4) is 0 Å². The van der Waals surface area contributed by atoms with Crippen molar-refractivity contribution in [1.29, 1.82) is 5.26 Å². The lowest BCUT2D eigenvalue weighted by atomic mass is 10.0. The van der Waals surface area contributed by atoms with Gasteiger partial charge in [0.25, 0.3) is 5.91 Å². The number of nitrogens with zero attached hydrogens (tertiary/aromatic N) is 1. The summed E-state index contributed by atoms with van der Waals surface area (Å²) in [6.45, 7) is 1.89. The van der Waals surface area contributed by atoms with Crippen molar-refractivity contribution < 1.29 is 19.1 Å². The molecule has 25 heavy (non-hydrogen) atoms. The SMILES string of the molecule is CCOC(=O)/C=C1\C(=O)Nc2cc(C#N)ccc2Oc2ccccc21. The van der Waals surface area contributed by atoms with Gasteiger partial charge in [0, 0.05) is 11.6 Å². The number of hydrogen-bond donors (Lipinski definition) is 1. The third-order valence-corrected chi connectivity index (χ3v) is 3.55. The third kappa shape index (κ3) is 3.35. The summed E-state index contributed by atoms with van der Waals surface area (Å²) in [6, 6.07) is 13.7. The number of esters is 1. The first kappa shape index (κ1) is 16.3. The fourth-order valence-electron chi connectivity index (χ4n) is 2.44. The predicted octanol–water partition coefficient (Wildman–Crippen LogP) is 3.25. The van der Waals surface area contributed by atoms with Gasteiger partial charge in [-0.2, -0.15) is 5.26 Å². The van der Waals surface area contributed by atoms with E-state index in [1.54, 1.807) is 43.3 Å². The maximum atomic E-state index is 12.7. The molecule has 1 aliphatic heterocycles. The monoisotopic (exact) mass is 334 g/mol. The van der Waals surface area contributed by atoms with Crippen LogP contribution in [0.1, 0.15) is 18.1 Å². The van der Waals surface area contributed by atoms with Crippen LogP contribution in [0, 0.1) is 11.3 Å². The van der Waals surface area contributed by atoms with Crippen molar-refractivity contribution in [2.24, 2.45) is 0 Å². The largest absolute Gasteiger partial charge is 0.463 e. The van der Waals surface area contributed by atoms with Crippen LogP contribution in [-0.2, 0) is 14.3 Å². The minimum Gasteiger partial charge on any atom is -0.463 e. The third-order valence-electron chi connectivity index (χ3n) is 3.55. The molecule has 0 fully saturated rings. The summed E-state index contributed by atoms with van der Waals surface area (Å²) in [5.74, 6) is -0.261. The lowest BCUT2D eigenvalue weighted by Gasteiger charge is -2.20. The molecule has 2 aromatic rings. The molecule has 1 N–H and O–H groups in total. The summed E-state index contributed by atoms with van der Waals surface area (Å²) in [5, 5.41) is 11.7. The Morgan fingerprint density at radius 3 is 2.84 bits per heavy atom. The van der Waals surface area contributed by atoms with Gasteiger partial charge in [-0.05, 0) is 31.2 Å². The van der Waals surface area contributed by atoms with Crippen LogP contribution in [-0.4, -0.2) is 18.5 Å². The molecular weight excluding hydrogens is 320 g/mol. The maximum Gasteiger partial charge on any atom is 0.331 e. The molecule has 0 aliphatic carbocycles. The van der Waals surface area contributed by atoms with Crippen LogP contribution in [0.5, 0.6) is 11.5 Å². The number of fused-ring (bicyclic) bond motifs is 2. The molecule has 1 aliphatic rings. The Kier molecular flexibility index (Phi) is 4.48. The maximum absolute atomic E-state index is 12.7. The average Bonchev–Trinajstić information content (AvgIpc) is 2.61. The van der Waals surface area contributed by atoms with E-state index in [0.29, 0.717) is 28.3 Å². The Bertz CT molecular complexity index is 925. The highest BCUT2D eigenvalue weighted by atomic mass is 16.5. The first-order valence-corrected chi connectivity index (χ1v) is 7.63. The molecule has 0 radical (unpaired) electrons. The summed E-state index contributed by atoms with van der Waals surface area (Å²) in [7, 11) is 0. The molecule has 1 amide bonds. The van der Waals surface area contributed by atoms with Gasteiger partial charge in [0.15, 0.2) is 5.75 Å². The van der Waals surface area contributed by atoms with Crippen LogP contribution in [0.25, 0.3) is 5.57 Å². The first-order valence-electron chi connectivity index (χ1n) is 7.63. The van der Waals surface area contributed by atoms with Gasteiger partial charge in [-0.25, -0.2) is 4.79 Å². The van der Waals surface area contributed by atoms with Crippen LogP contribution in [0.2, 0.25) is 0 Å². The summed E-state index contributed by atoms with van der Waals surface area (Å²) < 4.78 is 10.8. The number of carbonyl (C=O) groups is 2. The van der Waals surface area contributed by atoms with Crippen molar-refractivity contribution in [3.05, 3.63) is 59.7 Å². The number of benzene rings is 2. The Labute approximate surface area is 144 Å². The number of anilines is 1. The summed E-state index contributed by atoms with van der Waals surface area (Å²) in [5.41, 5.74) is 1.34. The van der Waals surface area contributed by atoms with E-state index in [4.69, 9.17) is 14.7 Å². The summed E-state index contributed by atoms with van der Waals surface area (Å²) in [4.78, 5) is 24.6. The van der Waals surface area contributed by atoms with Gasteiger partial charge in [-0.1, -0.05) is 18.2 Å². The standard InChI is InChI=1S/C19H14N2O4/c1-2-24-18(22)10-14-13-5-3-4-6-16(13)25-17-8-7-12(11-20)9-15(17)21-19(14)23/h3-10H,2H2,1H3,(H,21,23)/b14-10-. The number of ether oxygens (including phenoxy) is 2. The van der Waals surface area contributed by atoms with Gasteiger partial charge in [0.2, 0.25) is 0 Å². The molecule has 0 aromatic heterocycles. The Balaban J connectivity index is 2.14. The van der Waals surface area contributed by atoms with Crippen molar-refractivity contribution in [3.8, 4) is 17.6 Å². The van der Waals surface area contributed by atoms with E-state index in [1.165, 1.54) is 6.07 Å². The van der Waals surface area contributed by atoms with Crippen molar-refractivity contribution >= 4 is 23.1 Å². The van der Waals surface area contributed by atoms with Crippen LogP contribution >= 0.6 is 0 Å². The number of nitrogens with one attached hydrogen (secondary N) is 1. The number of nitriles is 1. The van der Waals surface area contributed by atoms with E-state index in [9.17, 15) is 9.59 Å². The van der Waals surface area contributed by atoms with Gasteiger partial charge >= 0.3 is 5.97 Å². The highest BCUT2D eigenvalue weighted by Gasteiger charge is 2.23. The fraction of sp³-hybridized carbons (Fsp3) is 0.105. The van der Waals surface area contributed by atoms with Gasteiger partial charge in [0.1, 0.15) is 5.75 Å². The molecule has 0 bridgehead atoms. The van der Waals surface area contributed by atoms with Gasteiger partial charge < -0.3 is 14.8 Å². The topological polar surface area (TPSA) is 88.4 Å². The quantitative estimate of drug-likeness (QED) is 0.673. The molecule has 0 spiro atoms. The number of para-hydroxylation sites is 1. The molecule has 6 nitrogen and oxygen atoms in total. The number of carbonyl (C=O) groups excluding carboxylic acids is 2. The molecule has 0 unspecified atom stereocenters. The van der Waals surface area contributed by atoms with Crippen molar-refractivity contribution in [2.45, 2.75) is 6.92 Å². The molecule has 3 rings (SSSR count). The smallest absolute Gasteiger partial charge is 0.331 e. The minimum absolute atomic E-state index is 0.127. The molecular formula is C19H14N2O4. The van der Waals surface area contributed by atoms with Gasteiger partial charge in [-0.15, -0.1) is 0 Å². The number of hydrogen-bond acceptors (Lipinski definition) is 5. The lowest BCUT2D eigenvalue weighted by molar-refractivity contribution is -0.137. The van der Waals surface area contributed by atoms with E-state index in [-0.39, 0.29) is 12.2 Å². The number of rotatable bonds is 2. The van der Waals surface area contributed by atoms with E-state index in [2.05, 4.69) is 5.32 Å². The minimum atomic E-state index is -0.617. The zero-order valence-corrected chi connectivity index (χ0v) is 13.4. The normalized spacial score (nSPS) is 14.1. The van der Waals surface area contributed by atoms with Crippen LogP contribution < -0.4 is 10.1 Å². The summed E-state index contributed by atoms with van der Waals surface area (Å²) in [6.07, 6.45) is 1.14. The van der Waals surface area contributed by atoms with Gasteiger partial charge in [0.05, 0.1) is 29.5 Å². The zero-order valence-electron chi connectivity index (χ0n) is 13.4. The molecule has 1 heterocycles. The Hall–Kier alpha value is -3.59. The predicted molar refractivity (Wildman–Crippen MR) is 90.9 cm³/mol. The van der Waals surface area contributed by atoms with E-state index < -0.39 is 11.9 Å². The Morgan fingerprint density at radius 2 is 2.08 bits per heavy atom. The molecule has 6 heteroatoms. The van der Waals surface area contributed by atoms with Crippen molar-refractivity contribution in [2.75, 3.05) is 11.9 Å². The lowest BCUT2D eigenvalue weighted by Crippen LogP contribution is -2.18. The highest BCUT2D eigenvalue weighted by Crippen LogP contribution is 2.37. The zero-order chi connectivity index (χ0) is 17.8. The average molecular weight is 334 g/mol. The highest BCUT2D eigenvalue weighted by molar-refractivity contribution is 6.29. The molecule has 0 saturated carbocycles. The van der Waals surface area contributed by atoms with E-state index >= 15 is 0 Å². The van der Waals surface area contributed by atoms with E-state index in [1.807, 2.05) is 6.07 Å². The molecule has 124 valence electrons. The first-order chi connectivity index (χ1) is 12.1. The molecule has 0 saturated heterocycles. The molecule has 0 atom stereocenters. The number of amides is 1. The van der Waals surface area contributed by atoms with Crippen LogP contribution in [0.15, 0.2) is 48.5 Å². The summed E-state index contributed by atoms with van der Waals surface area (Å²) >= 11 is 0. The second kappa shape index (κ2) is 6.89. The van der Waals surface area contributed by atoms with Crippen LogP contribution in [0.4, 0.5) is 5.69 Å². The molecule has 2 aromatic carbocycles.